The molecule has 108 valence electrons. The zero-order chi connectivity index (χ0) is 14.9. The third-order valence-electron chi connectivity index (χ3n) is 3.02. The van der Waals surface area contributed by atoms with Crippen LogP contribution < -0.4 is 5.32 Å². The molecule has 0 radical (unpaired) electrons. The zero-order valence-electron chi connectivity index (χ0n) is 10.2. The van der Waals surface area contributed by atoms with Crippen LogP contribution in [-0.2, 0) is 4.79 Å². The van der Waals surface area contributed by atoms with Crippen LogP contribution in [0, 0.1) is 5.82 Å². The second-order valence-corrected chi connectivity index (χ2v) is 4.83. The molecule has 2 rings (SSSR count). The number of carbonyl (C=O) groups is 2. The first kappa shape index (κ1) is 14.5. The van der Waals surface area contributed by atoms with Gasteiger partial charge < -0.3 is 20.4 Å². The van der Waals surface area contributed by atoms with E-state index in [0.29, 0.717) is 0 Å². The van der Waals surface area contributed by atoms with Gasteiger partial charge in [-0.3, -0.25) is 0 Å². The van der Waals surface area contributed by atoms with Gasteiger partial charge in [-0.05, 0) is 12.1 Å². The molecule has 6 nitrogen and oxygen atoms in total. The molecule has 1 heterocycles. The number of amides is 2. The standard InChI is InChI=1S/C12H12ClFN2O4/c13-7-2-1-3-8(10(7)14)15-12(20)16-5-6(17)4-9(16)11(18)19/h1-3,6,9,17H,4-5H2,(H,15,20)(H,18,19)/t6-,9-/m0/s1. The number of carboxylic acids is 1. The summed E-state index contributed by atoms with van der Waals surface area (Å²) in [5.74, 6) is -2.02. The Balaban J connectivity index is 2.15. The van der Waals surface area contributed by atoms with E-state index in [-0.39, 0.29) is 23.7 Å². The Morgan fingerprint density at radius 3 is 2.80 bits per heavy atom. The molecule has 0 aliphatic carbocycles. The van der Waals surface area contributed by atoms with Crippen molar-refractivity contribution in [3.05, 3.63) is 29.0 Å². The first-order valence-corrected chi connectivity index (χ1v) is 6.20. The minimum absolute atomic E-state index is 0.0548. The summed E-state index contributed by atoms with van der Waals surface area (Å²) in [4.78, 5) is 23.9. The van der Waals surface area contributed by atoms with Crippen LogP contribution in [-0.4, -0.2) is 45.8 Å². The molecule has 0 spiro atoms. The van der Waals surface area contributed by atoms with Crippen molar-refractivity contribution in [3.8, 4) is 0 Å². The first-order chi connectivity index (χ1) is 9.40. The van der Waals surface area contributed by atoms with E-state index >= 15 is 0 Å². The molecule has 1 aliphatic heterocycles. The smallest absolute Gasteiger partial charge is 0.326 e. The second kappa shape index (κ2) is 5.64. The lowest BCUT2D eigenvalue weighted by Crippen LogP contribution is -2.43. The Bertz CT molecular complexity index is 554. The minimum atomic E-state index is -1.22. The quantitative estimate of drug-likeness (QED) is 0.773. The number of urea groups is 1. The predicted octanol–water partition coefficient (Wildman–Crippen LogP) is 1.53. The molecule has 1 aliphatic rings. The lowest BCUT2D eigenvalue weighted by molar-refractivity contribution is -0.141. The highest BCUT2D eigenvalue weighted by molar-refractivity contribution is 6.31. The Morgan fingerprint density at radius 1 is 1.45 bits per heavy atom. The van der Waals surface area contributed by atoms with Gasteiger partial charge in [-0.1, -0.05) is 17.7 Å². The van der Waals surface area contributed by atoms with E-state index in [2.05, 4.69) is 5.32 Å². The average Bonchev–Trinajstić information content (AvgIpc) is 2.77. The van der Waals surface area contributed by atoms with Crippen LogP contribution in [0.25, 0.3) is 0 Å². The van der Waals surface area contributed by atoms with Gasteiger partial charge in [0.1, 0.15) is 6.04 Å². The van der Waals surface area contributed by atoms with Crippen molar-refractivity contribution < 1.29 is 24.2 Å². The Morgan fingerprint density at radius 2 is 2.15 bits per heavy atom. The molecule has 2 amide bonds. The molecule has 0 unspecified atom stereocenters. The van der Waals surface area contributed by atoms with Crippen LogP contribution in [0.2, 0.25) is 5.02 Å². The number of aliphatic hydroxyl groups is 1. The Labute approximate surface area is 118 Å². The summed E-state index contributed by atoms with van der Waals surface area (Å²) < 4.78 is 13.7. The number of hydrogen-bond donors (Lipinski definition) is 3. The number of benzene rings is 1. The molecular formula is C12H12ClFN2O4. The van der Waals surface area contributed by atoms with Gasteiger partial charge in [-0.15, -0.1) is 0 Å². The van der Waals surface area contributed by atoms with Crippen LogP contribution in [0.15, 0.2) is 18.2 Å². The van der Waals surface area contributed by atoms with Gasteiger partial charge in [0.05, 0.1) is 16.8 Å². The van der Waals surface area contributed by atoms with Gasteiger partial charge in [0.2, 0.25) is 0 Å². The van der Waals surface area contributed by atoms with Gasteiger partial charge in [0.25, 0.3) is 0 Å². The van der Waals surface area contributed by atoms with E-state index in [1.807, 2.05) is 0 Å². The Kier molecular flexibility index (Phi) is 4.10. The molecular weight excluding hydrogens is 291 g/mol. The number of halogens is 2. The topological polar surface area (TPSA) is 89.9 Å². The third kappa shape index (κ3) is 2.83. The average molecular weight is 303 g/mol. The Hall–Kier alpha value is -1.86. The molecule has 0 saturated carbocycles. The SMILES string of the molecule is O=C(O)[C@@H]1C[C@H](O)CN1C(=O)Nc1cccc(Cl)c1F. The van der Waals surface area contributed by atoms with Crippen LogP contribution >= 0.6 is 11.6 Å². The van der Waals surface area contributed by atoms with Gasteiger partial charge in [-0.25, -0.2) is 14.0 Å². The van der Waals surface area contributed by atoms with E-state index in [1.165, 1.54) is 18.2 Å². The van der Waals surface area contributed by atoms with Crippen molar-refractivity contribution >= 4 is 29.3 Å². The maximum absolute atomic E-state index is 13.7. The van der Waals surface area contributed by atoms with Crippen LogP contribution in [0.3, 0.4) is 0 Å². The van der Waals surface area contributed by atoms with Gasteiger partial charge in [-0.2, -0.15) is 0 Å². The summed E-state index contributed by atoms with van der Waals surface area (Å²) in [6.45, 7) is -0.120. The number of nitrogens with zero attached hydrogens (tertiary/aromatic N) is 1. The summed E-state index contributed by atoms with van der Waals surface area (Å²) in [6.07, 6.45) is -0.966. The van der Waals surface area contributed by atoms with Crippen molar-refractivity contribution in [3.63, 3.8) is 0 Å². The first-order valence-electron chi connectivity index (χ1n) is 5.82. The van der Waals surface area contributed by atoms with Gasteiger partial charge in [0, 0.05) is 13.0 Å². The fourth-order valence-corrected chi connectivity index (χ4v) is 2.23. The van der Waals surface area contributed by atoms with Crippen molar-refractivity contribution in [2.45, 2.75) is 18.6 Å². The predicted molar refractivity (Wildman–Crippen MR) is 69.2 cm³/mol. The third-order valence-corrected chi connectivity index (χ3v) is 3.31. The number of rotatable bonds is 2. The summed E-state index contributed by atoms with van der Waals surface area (Å²) in [5, 5.41) is 20.5. The monoisotopic (exact) mass is 302 g/mol. The molecule has 1 saturated heterocycles. The van der Waals surface area contributed by atoms with Crippen LogP contribution in [0.1, 0.15) is 6.42 Å². The molecule has 20 heavy (non-hydrogen) atoms. The normalized spacial score (nSPS) is 21.9. The number of aliphatic carboxylic acids is 1. The number of anilines is 1. The van der Waals surface area contributed by atoms with Crippen LogP contribution in [0.5, 0.6) is 0 Å². The maximum Gasteiger partial charge on any atom is 0.326 e. The van der Waals surface area contributed by atoms with E-state index in [4.69, 9.17) is 16.7 Å². The van der Waals surface area contributed by atoms with Crippen molar-refractivity contribution in [2.24, 2.45) is 0 Å². The van der Waals surface area contributed by atoms with E-state index in [1.54, 1.807) is 0 Å². The minimum Gasteiger partial charge on any atom is -0.480 e. The number of carboxylic acid groups (broad SMARTS) is 1. The molecule has 1 fully saturated rings. The van der Waals surface area contributed by atoms with E-state index in [0.717, 1.165) is 4.90 Å². The molecule has 2 atom stereocenters. The zero-order valence-corrected chi connectivity index (χ0v) is 11.0. The highest BCUT2D eigenvalue weighted by Crippen LogP contribution is 2.24. The largest absolute Gasteiger partial charge is 0.480 e. The molecule has 3 N–H and O–H groups in total. The summed E-state index contributed by atoms with van der Waals surface area (Å²) in [7, 11) is 0. The van der Waals surface area contributed by atoms with E-state index in [9.17, 15) is 19.1 Å². The molecule has 0 bridgehead atoms. The van der Waals surface area contributed by atoms with E-state index < -0.39 is 30.0 Å². The summed E-state index contributed by atoms with van der Waals surface area (Å²) in [6, 6.07) is 2.16. The number of nitrogens with one attached hydrogen (secondary N) is 1. The number of likely N-dealkylation sites (tertiary alicyclic amines) is 1. The fourth-order valence-electron chi connectivity index (χ4n) is 2.06. The van der Waals surface area contributed by atoms with Crippen molar-refractivity contribution in [1.29, 1.82) is 0 Å². The van der Waals surface area contributed by atoms with Gasteiger partial charge >= 0.3 is 12.0 Å². The molecule has 1 aromatic carbocycles. The number of β-amino-alcohol motifs (C(OH)–C–C–N with tert-alkyl or cyclic N) is 1. The maximum atomic E-state index is 13.7. The second-order valence-electron chi connectivity index (χ2n) is 4.43. The summed E-state index contributed by atoms with van der Waals surface area (Å²) in [5.41, 5.74) is -0.145. The molecule has 1 aromatic rings. The lowest BCUT2D eigenvalue weighted by Gasteiger charge is -2.21. The lowest BCUT2D eigenvalue weighted by atomic mass is 10.2. The number of carbonyl (C=O) groups excluding carboxylic acids is 1. The summed E-state index contributed by atoms with van der Waals surface area (Å²) >= 11 is 5.59. The fraction of sp³-hybridized carbons (Fsp3) is 0.333. The molecule has 0 aromatic heterocycles. The molecule has 8 heteroatoms. The number of hydrogen-bond acceptors (Lipinski definition) is 3. The van der Waals surface area contributed by atoms with Crippen molar-refractivity contribution in [2.75, 3.05) is 11.9 Å². The highest BCUT2D eigenvalue weighted by atomic mass is 35.5. The number of aliphatic hydroxyl groups excluding tert-OH is 1. The van der Waals surface area contributed by atoms with Crippen molar-refractivity contribution in [1.82, 2.24) is 4.90 Å². The van der Waals surface area contributed by atoms with Crippen LogP contribution in [0.4, 0.5) is 14.9 Å². The van der Waals surface area contributed by atoms with Gasteiger partial charge in [0.15, 0.2) is 5.82 Å². The highest BCUT2D eigenvalue weighted by Gasteiger charge is 2.39.